The number of benzene rings is 3. The van der Waals surface area contributed by atoms with E-state index in [9.17, 15) is 19.5 Å². The summed E-state index contributed by atoms with van der Waals surface area (Å²) in [6, 6.07) is 21.6. The standard InChI is InChI=1S/C39H34N4O7S/c1-4-14-41-37(45)31-9-8-24(34(42-31)39(47)49-3)26-19-32-28(35-23(20-50-32)13-16-51-35)18-27(26)36(44)43-30-11-10-29-25(12-15-40-29)33(30)21-6-5-7-22(17-21)38(46)48-2/h5-13,15-19,36,40,43-44H,4,14,20H2,1-3H3,(H,41,45). The summed E-state index contributed by atoms with van der Waals surface area (Å²) < 4.78 is 16.3. The van der Waals surface area contributed by atoms with Crippen molar-refractivity contribution in [3.8, 4) is 38.4 Å². The van der Waals surface area contributed by atoms with Gasteiger partial charge in [-0.3, -0.25) is 4.79 Å². The number of methoxy groups -OCH3 is 2. The van der Waals surface area contributed by atoms with Gasteiger partial charge < -0.3 is 34.9 Å². The molecule has 0 aliphatic carbocycles. The molecule has 0 bridgehead atoms. The molecular formula is C39H34N4O7S. The number of ether oxygens (including phenoxy) is 3. The van der Waals surface area contributed by atoms with Crippen LogP contribution in [-0.2, 0) is 16.1 Å². The van der Waals surface area contributed by atoms with E-state index in [1.807, 2.05) is 54.9 Å². The predicted molar refractivity (Wildman–Crippen MR) is 195 cm³/mol. The number of hydrogen-bond donors (Lipinski definition) is 4. The lowest BCUT2D eigenvalue weighted by Crippen LogP contribution is -2.26. The fraction of sp³-hybridized carbons (Fsp3) is 0.179. The smallest absolute Gasteiger partial charge is 0.357 e. The number of hydrogen-bond acceptors (Lipinski definition) is 10. The van der Waals surface area contributed by atoms with Gasteiger partial charge in [-0.2, -0.15) is 0 Å². The van der Waals surface area contributed by atoms with Crippen LogP contribution in [0.5, 0.6) is 5.75 Å². The van der Waals surface area contributed by atoms with Crippen LogP contribution in [-0.4, -0.2) is 53.7 Å². The van der Waals surface area contributed by atoms with E-state index in [1.54, 1.807) is 47.7 Å². The molecule has 1 aliphatic rings. The van der Waals surface area contributed by atoms with Gasteiger partial charge in [-0.1, -0.05) is 19.1 Å². The third-order valence-corrected chi connectivity index (χ3v) is 9.74. The van der Waals surface area contributed by atoms with Crippen LogP contribution in [0.3, 0.4) is 0 Å². The molecule has 51 heavy (non-hydrogen) atoms. The lowest BCUT2D eigenvalue weighted by Gasteiger charge is -2.25. The highest BCUT2D eigenvalue weighted by Crippen LogP contribution is 2.46. The molecule has 11 nitrogen and oxygen atoms in total. The molecule has 1 aliphatic heterocycles. The fourth-order valence-electron chi connectivity index (χ4n) is 6.29. The Morgan fingerprint density at radius 2 is 1.82 bits per heavy atom. The van der Waals surface area contributed by atoms with Crippen LogP contribution in [0.2, 0.25) is 0 Å². The van der Waals surface area contributed by atoms with Crippen LogP contribution >= 0.6 is 11.3 Å². The van der Waals surface area contributed by atoms with Gasteiger partial charge in [0.05, 0.1) is 19.8 Å². The highest BCUT2D eigenvalue weighted by atomic mass is 32.1. The van der Waals surface area contributed by atoms with Gasteiger partial charge in [-0.15, -0.1) is 11.3 Å². The van der Waals surface area contributed by atoms with Gasteiger partial charge in [0.25, 0.3) is 5.91 Å². The number of aromatic nitrogens is 2. The minimum absolute atomic E-state index is 0.0592. The van der Waals surface area contributed by atoms with Crippen molar-refractivity contribution in [1.29, 1.82) is 0 Å². The van der Waals surface area contributed by atoms with Gasteiger partial charge in [0.2, 0.25) is 0 Å². The number of rotatable bonds is 10. The maximum Gasteiger partial charge on any atom is 0.357 e. The zero-order chi connectivity index (χ0) is 35.6. The van der Waals surface area contributed by atoms with E-state index >= 15 is 0 Å². The molecule has 6 aromatic rings. The molecule has 0 saturated carbocycles. The van der Waals surface area contributed by atoms with Crippen LogP contribution in [0.15, 0.2) is 84.4 Å². The maximum atomic E-state index is 13.2. The molecule has 7 rings (SSSR count). The predicted octanol–water partition coefficient (Wildman–Crippen LogP) is 7.33. The van der Waals surface area contributed by atoms with Crippen molar-refractivity contribution in [2.24, 2.45) is 0 Å². The number of thiophene rings is 1. The molecule has 3 aromatic heterocycles. The van der Waals surface area contributed by atoms with E-state index in [-0.39, 0.29) is 11.4 Å². The van der Waals surface area contributed by atoms with Gasteiger partial charge in [-0.25, -0.2) is 14.6 Å². The Kier molecular flexibility index (Phi) is 9.26. The first-order valence-corrected chi connectivity index (χ1v) is 17.2. The Balaban J connectivity index is 1.38. The topological polar surface area (TPSA) is 152 Å². The van der Waals surface area contributed by atoms with Crippen molar-refractivity contribution in [2.45, 2.75) is 26.2 Å². The van der Waals surface area contributed by atoms with Crippen LogP contribution in [0.25, 0.3) is 43.6 Å². The monoisotopic (exact) mass is 702 g/mol. The second-order valence-electron chi connectivity index (χ2n) is 11.9. The second kappa shape index (κ2) is 14.1. The first kappa shape index (κ1) is 33.5. The molecule has 1 atom stereocenters. The molecular weight excluding hydrogens is 669 g/mol. The summed E-state index contributed by atoms with van der Waals surface area (Å²) in [5.74, 6) is -1.05. The number of carbonyl (C=O) groups is 3. The molecule has 0 spiro atoms. The molecule has 4 N–H and O–H groups in total. The normalized spacial score (nSPS) is 12.3. The highest BCUT2D eigenvalue weighted by Gasteiger charge is 2.28. The van der Waals surface area contributed by atoms with E-state index in [1.165, 1.54) is 14.2 Å². The number of H-pyrrole nitrogens is 1. The molecule has 0 radical (unpaired) electrons. The molecule has 1 unspecified atom stereocenters. The van der Waals surface area contributed by atoms with E-state index < -0.39 is 24.1 Å². The average Bonchev–Trinajstić information content (AvgIpc) is 3.86. The van der Waals surface area contributed by atoms with Crippen molar-refractivity contribution in [3.63, 3.8) is 0 Å². The average molecular weight is 703 g/mol. The number of esters is 2. The van der Waals surface area contributed by atoms with Gasteiger partial charge >= 0.3 is 11.9 Å². The van der Waals surface area contributed by atoms with E-state index in [0.29, 0.717) is 46.8 Å². The van der Waals surface area contributed by atoms with E-state index in [0.717, 1.165) is 44.5 Å². The van der Waals surface area contributed by atoms with E-state index in [2.05, 4.69) is 20.6 Å². The van der Waals surface area contributed by atoms with Gasteiger partial charge in [0.15, 0.2) is 11.9 Å². The highest BCUT2D eigenvalue weighted by molar-refractivity contribution is 7.13. The number of aliphatic hydroxyl groups excluding tert-OH is 1. The first-order chi connectivity index (χ1) is 24.8. The van der Waals surface area contributed by atoms with Crippen molar-refractivity contribution < 1.29 is 33.7 Å². The third kappa shape index (κ3) is 6.31. The summed E-state index contributed by atoms with van der Waals surface area (Å²) in [6.07, 6.45) is 1.23. The number of amides is 1. The van der Waals surface area contributed by atoms with Crippen LogP contribution in [0.4, 0.5) is 5.69 Å². The van der Waals surface area contributed by atoms with Gasteiger partial charge in [0, 0.05) is 62.0 Å². The fourth-order valence-corrected chi connectivity index (χ4v) is 7.22. The van der Waals surface area contributed by atoms with Crippen LogP contribution in [0.1, 0.15) is 62.0 Å². The zero-order valence-electron chi connectivity index (χ0n) is 28.0. The Morgan fingerprint density at radius 1 is 0.980 bits per heavy atom. The summed E-state index contributed by atoms with van der Waals surface area (Å²) in [5, 5.41) is 21.1. The van der Waals surface area contributed by atoms with Gasteiger partial charge in [-0.05, 0) is 83.6 Å². The lowest BCUT2D eigenvalue weighted by atomic mass is 9.92. The number of fused-ring (bicyclic) bond motifs is 4. The minimum atomic E-state index is -1.33. The van der Waals surface area contributed by atoms with Crippen molar-refractivity contribution in [3.05, 3.63) is 112 Å². The molecule has 3 aromatic carbocycles. The number of carbonyl (C=O) groups excluding carboxylic acids is 3. The summed E-state index contributed by atoms with van der Waals surface area (Å²) >= 11 is 1.57. The summed E-state index contributed by atoms with van der Waals surface area (Å²) in [6.45, 7) is 2.76. The van der Waals surface area contributed by atoms with Crippen LogP contribution < -0.4 is 15.4 Å². The number of nitrogens with zero attached hydrogens (tertiary/aromatic N) is 1. The number of nitrogens with one attached hydrogen (secondary N) is 3. The number of pyridine rings is 1. The van der Waals surface area contributed by atoms with Gasteiger partial charge in [0.1, 0.15) is 18.1 Å². The third-order valence-electron chi connectivity index (χ3n) is 8.75. The molecule has 0 saturated heterocycles. The molecule has 1 amide bonds. The maximum absolute atomic E-state index is 13.2. The number of anilines is 1. The van der Waals surface area contributed by atoms with Crippen molar-refractivity contribution >= 4 is 45.8 Å². The molecule has 0 fully saturated rings. The molecule has 12 heteroatoms. The zero-order valence-corrected chi connectivity index (χ0v) is 28.9. The number of aromatic amines is 1. The minimum Gasteiger partial charge on any atom is -0.488 e. The van der Waals surface area contributed by atoms with Crippen molar-refractivity contribution in [2.75, 3.05) is 26.1 Å². The largest absolute Gasteiger partial charge is 0.488 e. The van der Waals surface area contributed by atoms with Crippen molar-refractivity contribution in [1.82, 2.24) is 15.3 Å². The lowest BCUT2D eigenvalue weighted by molar-refractivity contribution is 0.0588. The Labute approximate surface area is 297 Å². The Hall–Kier alpha value is -5.98. The number of aliphatic hydroxyl groups is 1. The Morgan fingerprint density at radius 3 is 2.63 bits per heavy atom. The quantitative estimate of drug-likeness (QED) is 0.0849. The summed E-state index contributed by atoms with van der Waals surface area (Å²) in [5.41, 5.74) is 6.34. The molecule has 4 heterocycles. The SMILES string of the molecule is CCCNC(=O)c1ccc(-c2cc3c(cc2C(O)Nc2ccc4[nH]ccc4c2-c2cccc(C(=O)OC)c2)-c2sccc2CO3)c(C(=O)OC)n1. The Bertz CT molecular complexity index is 2310. The van der Waals surface area contributed by atoms with E-state index in [4.69, 9.17) is 14.2 Å². The molecule has 258 valence electrons. The summed E-state index contributed by atoms with van der Waals surface area (Å²) in [4.78, 5) is 47.2. The van der Waals surface area contributed by atoms with Crippen LogP contribution in [0, 0.1) is 0 Å². The second-order valence-corrected chi connectivity index (χ2v) is 12.8. The first-order valence-electron chi connectivity index (χ1n) is 16.3. The summed E-state index contributed by atoms with van der Waals surface area (Å²) in [7, 11) is 2.58.